The van der Waals surface area contributed by atoms with Crippen LogP contribution in [0.15, 0.2) is 91.0 Å². The van der Waals surface area contributed by atoms with Crippen LogP contribution in [0.1, 0.15) is 16.7 Å². The van der Waals surface area contributed by atoms with Gasteiger partial charge in [-0.15, -0.1) is 0 Å². The van der Waals surface area contributed by atoms with Gasteiger partial charge in [-0.25, -0.2) is 0 Å². The SMILES string of the molecule is COC1O[C@H](COCc2ccccc2)[C@H](O)[C@H](OCc2ccccc2)[C@H]1OCc1ccccc1. The Morgan fingerprint density at radius 3 is 1.65 bits per heavy atom. The number of aliphatic hydroxyl groups excluding tert-OH is 1. The van der Waals surface area contributed by atoms with Crippen LogP contribution in [0.3, 0.4) is 0 Å². The lowest BCUT2D eigenvalue weighted by Crippen LogP contribution is -2.60. The molecule has 4 rings (SSSR count). The normalized spacial score (nSPS) is 24.7. The molecule has 0 amide bonds. The minimum Gasteiger partial charge on any atom is -0.387 e. The fraction of sp³-hybridized carbons (Fsp3) is 0.357. The fourth-order valence-electron chi connectivity index (χ4n) is 3.99. The first-order valence-corrected chi connectivity index (χ1v) is 11.5. The van der Waals surface area contributed by atoms with Crippen molar-refractivity contribution in [2.24, 2.45) is 0 Å². The van der Waals surface area contributed by atoms with E-state index in [1.165, 1.54) is 0 Å². The van der Waals surface area contributed by atoms with Crippen molar-refractivity contribution in [1.29, 1.82) is 0 Å². The Kier molecular flexibility index (Phi) is 9.21. The Morgan fingerprint density at radius 1 is 0.676 bits per heavy atom. The molecule has 0 aromatic heterocycles. The molecule has 6 nitrogen and oxygen atoms in total. The lowest BCUT2D eigenvalue weighted by atomic mass is 9.98. The standard InChI is InChI=1S/C28H32O6/c1-30-28-27(33-19-23-15-9-4-10-16-23)26(32-18-22-13-7-3-8-14-22)25(29)24(34-28)20-31-17-21-11-5-2-6-12-21/h2-16,24-29H,17-20H2,1H3/t24-,25+,26+,27-,28?/m1/s1. The molecule has 180 valence electrons. The van der Waals surface area contributed by atoms with Crippen molar-refractivity contribution in [3.63, 3.8) is 0 Å². The Labute approximate surface area is 201 Å². The lowest BCUT2D eigenvalue weighted by Gasteiger charge is -2.43. The molecule has 0 spiro atoms. The maximum absolute atomic E-state index is 11.2. The van der Waals surface area contributed by atoms with Gasteiger partial charge in [0.25, 0.3) is 0 Å². The van der Waals surface area contributed by atoms with Gasteiger partial charge in [-0.1, -0.05) is 91.0 Å². The molecule has 34 heavy (non-hydrogen) atoms. The number of aliphatic hydroxyl groups is 1. The van der Waals surface area contributed by atoms with Gasteiger partial charge in [-0.05, 0) is 16.7 Å². The Hall–Kier alpha value is -2.58. The molecule has 1 N–H and O–H groups in total. The van der Waals surface area contributed by atoms with Crippen molar-refractivity contribution in [2.75, 3.05) is 13.7 Å². The average molecular weight is 465 g/mol. The molecule has 6 heteroatoms. The second-order valence-corrected chi connectivity index (χ2v) is 8.29. The van der Waals surface area contributed by atoms with E-state index in [1.807, 2.05) is 91.0 Å². The van der Waals surface area contributed by atoms with Gasteiger partial charge in [0.05, 0.1) is 26.4 Å². The Bertz CT molecular complexity index is 952. The summed E-state index contributed by atoms with van der Waals surface area (Å²) in [6.07, 6.45) is -3.56. The molecule has 3 aromatic carbocycles. The fourth-order valence-corrected chi connectivity index (χ4v) is 3.99. The molecule has 1 saturated heterocycles. The van der Waals surface area contributed by atoms with Crippen LogP contribution in [0.4, 0.5) is 0 Å². The maximum Gasteiger partial charge on any atom is 0.186 e. The molecular weight excluding hydrogens is 432 g/mol. The largest absolute Gasteiger partial charge is 0.387 e. The second kappa shape index (κ2) is 12.8. The van der Waals surface area contributed by atoms with Crippen molar-refractivity contribution < 1.29 is 28.8 Å². The van der Waals surface area contributed by atoms with E-state index in [-0.39, 0.29) is 6.61 Å². The quantitative estimate of drug-likeness (QED) is 0.461. The van der Waals surface area contributed by atoms with Crippen LogP contribution in [0.25, 0.3) is 0 Å². The van der Waals surface area contributed by atoms with E-state index in [2.05, 4.69) is 0 Å². The van der Waals surface area contributed by atoms with Gasteiger partial charge in [-0.3, -0.25) is 0 Å². The summed E-state index contributed by atoms with van der Waals surface area (Å²) < 4.78 is 30.0. The van der Waals surface area contributed by atoms with Gasteiger partial charge >= 0.3 is 0 Å². The highest BCUT2D eigenvalue weighted by atomic mass is 16.7. The minimum atomic E-state index is -0.952. The molecule has 3 aromatic rings. The van der Waals surface area contributed by atoms with Gasteiger partial charge in [0.15, 0.2) is 6.29 Å². The van der Waals surface area contributed by atoms with Crippen LogP contribution >= 0.6 is 0 Å². The molecule has 0 aliphatic carbocycles. The molecule has 1 fully saturated rings. The average Bonchev–Trinajstić information content (AvgIpc) is 2.89. The summed E-state index contributed by atoms with van der Waals surface area (Å²) in [5.41, 5.74) is 3.08. The van der Waals surface area contributed by atoms with Crippen molar-refractivity contribution >= 4 is 0 Å². The van der Waals surface area contributed by atoms with Crippen molar-refractivity contribution in [3.8, 4) is 0 Å². The van der Waals surface area contributed by atoms with E-state index in [0.29, 0.717) is 19.8 Å². The van der Waals surface area contributed by atoms with Gasteiger partial charge in [0.2, 0.25) is 0 Å². The third kappa shape index (κ3) is 6.73. The van der Waals surface area contributed by atoms with Crippen LogP contribution in [0.2, 0.25) is 0 Å². The van der Waals surface area contributed by atoms with Crippen molar-refractivity contribution in [1.82, 2.24) is 0 Å². The van der Waals surface area contributed by atoms with Crippen LogP contribution in [-0.2, 0) is 43.5 Å². The van der Waals surface area contributed by atoms with Crippen LogP contribution < -0.4 is 0 Å². The smallest absolute Gasteiger partial charge is 0.186 e. The number of ether oxygens (including phenoxy) is 5. The van der Waals surface area contributed by atoms with E-state index >= 15 is 0 Å². The monoisotopic (exact) mass is 464 g/mol. The summed E-state index contributed by atoms with van der Waals surface area (Å²) in [5.74, 6) is 0. The first kappa shape index (κ1) is 24.5. The Balaban J connectivity index is 1.44. The molecule has 0 saturated carbocycles. The van der Waals surface area contributed by atoms with E-state index in [9.17, 15) is 5.11 Å². The summed E-state index contributed by atoms with van der Waals surface area (Å²) in [4.78, 5) is 0. The summed E-state index contributed by atoms with van der Waals surface area (Å²) in [7, 11) is 1.57. The zero-order valence-electron chi connectivity index (χ0n) is 19.4. The summed E-state index contributed by atoms with van der Waals surface area (Å²) >= 11 is 0. The molecule has 0 radical (unpaired) electrons. The predicted molar refractivity (Wildman–Crippen MR) is 128 cm³/mol. The molecule has 5 atom stereocenters. The van der Waals surface area contributed by atoms with E-state index in [0.717, 1.165) is 16.7 Å². The highest BCUT2D eigenvalue weighted by molar-refractivity contribution is 5.15. The van der Waals surface area contributed by atoms with Crippen molar-refractivity contribution in [2.45, 2.75) is 50.5 Å². The zero-order chi connectivity index (χ0) is 23.6. The highest BCUT2D eigenvalue weighted by Gasteiger charge is 2.47. The molecule has 1 aliphatic heterocycles. The number of hydrogen-bond donors (Lipinski definition) is 1. The topological polar surface area (TPSA) is 66.4 Å². The zero-order valence-corrected chi connectivity index (χ0v) is 19.4. The molecule has 1 heterocycles. The maximum atomic E-state index is 11.2. The highest BCUT2D eigenvalue weighted by Crippen LogP contribution is 2.28. The minimum absolute atomic E-state index is 0.201. The number of methoxy groups -OCH3 is 1. The lowest BCUT2D eigenvalue weighted by molar-refractivity contribution is -0.315. The number of hydrogen-bond acceptors (Lipinski definition) is 6. The molecule has 1 aliphatic rings. The van der Waals surface area contributed by atoms with Crippen LogP contribution in [0.5, 0.6) is 0 Å². The van der Waals surface area contributed by atoms with Crippen molar-refractivity contribution in [3.05, 3.63) is 108 Å². The number of benzene rings is 3. The second-order valence-electron chi connectivity index (χ2n) is 8.29. The van der Waals surface area contributed by atoms with Gasteiger partial charge in [0.1, 0.15) is 24.4 Å². The van der Waals surface area contributed by atoms with Crippen LogP contribution in [0, 0.1) is 0 Å². The first-order chi connectivity index (χ1) is 16.7. The van der Waals surface area contributed by atoms with E-state index in [4.69, 9.17) is 23.7 Å². The Morgan fingerprint density at radius 2 is 1.15 bits per heavy atom. The van der Waals surface area contributed by atoms with Gasteiger partial charge < -0.3 is 28.8 Å². The van der Waals surface area contributed by atoms with E-state index < -0.39 is 30.7 Å². The number of rotatable bonds is 11. The van der Waals surface area contributed by atoms with Gasteiger partial charge in [0, 0.05) is 7.11 Å². The molecule has 1 unspecified atom stereocenters. The first-order valence-electron chi connectivity index (χ1n) is 11.5. The summed E-state index contributed by atoms with van der Waals surface area (Å²) in [6.45, 7) is 1.31. The van der Waals surface area contributed by atoms with Gasteiger partial charge in [-0.2, -0.15) is 0 Å². The predicted octanol–water partition coefficient (Wildman–Crippen LogP) is 4.11. The third-order valence-corrected chi connectivity index (χ3v) is 5.82. The van der Waals surface area contributed by atoms with Crippen LogP contribution in [-0.4, -0.2) is 49.5 Å². The summed E-state index contributed by atoms with van der Waals surface area (Å²) in [5, 5.41) is 11.2. The summed E-state index contributed by atoms with van der Waals surface area (Å²) in [6, 6.07) is 29.6. The molecule has 0 bridgehead atoms. The van der Waals surface area contributed by atoms with E-state index in [1.54, 1.807) is 7.11 Å². The third-order valence-electron chi connectivity index (χ3n) is 5.82. The molecular formula is C28H32O6.